The lowest BCUT2D eigenvalue weighted by atomic mass is 10.2. The first-order chi connectivity index (χ1) is 8.27. The summed E-state index contributed by atoms with van der Waals surface area (Å²) in [6.45, 7) is 2.20. The van der Waals surface area contributed by atoms with Crippen LogP contribution in [-0.2, 0) is 0 Å². The van der Waals surface area contributed by atoms with Gasteiger partial charge in [-0.25, -0.2) is 0 Å². The monoisotopic (exact) mass is 246 g/mol. The summed E-state index contributed by atoms with van der Waals surface area (Å²) in [5.74, 6) is 1.58. The van der Waals surface area contributed by atoms with Crippen LogP contribution in [0.25, 0.3) is 11.5 Å². The second-order valence-electron chi connectivity index (χ2n) is 4.52. The summed E-state index contributed by atoms with van der Waals surface area (Å²) in [5.41, 5.74) is 0.868. The highest BCUT2D eigenvalue weighted by molar-refractivity contribution is 7.71. The van der Waals surface area contributed by atoms with Gasteiger partial charge >= 0.3 is 0 Å². The molecule has 5 heteroatoms. The Kier molecular flexibility index (Phi) is 2.55. The van der Waals surface area contributed by atoms with Crippen LogP contribution in [0.2, 0.25) is 0 Å². The van der Waals surface area contributed by atoms with Gasteiger partial charge in [-0.3, -0.25) is 14.6 Å². The van der Waals surface area contributed by atoms with E-state index in [2.05, 4.69) is 26.7 Å². The molecular formula is C12H14N4S. The van der Waals surface area contributed by atoms with Gasteiger partial charge < -0.3 is 0 Å². The number of hydrogen-bond donors (Lipinski definition) is 1. The molecule has 0 amide bonds. The summed E-state index contributed by atoms with van der Waals surface area (Å²) in [4.78, 5) is 4.34. The fourth-order valence-electron chi connectivity index (χ4n) is 2.15. The highest BCUT2D eigenvalue weighted by atomic mass is 32.1. The molecule has 0 radical (unpaired) electrons. The third-order valence-corrected chi connectivity index (χ3v) is 3.60. The number of aromatic nitrogens is 4. The van der Waals surface area contributed by atoms with Crippen molar-refractivity contribution >= 4 is 12.2 Å². The minimum absolute atomic E-state index is 0.401. The minimum atomic E-state index is 0.401. The molecule has 3 rings (SSSR count). The maximum absolute atomic E-state index is 5.31. The van der Waals surface area contributed by atoms with Gasteiger partial charge in [0.25, 0.3) is 0 Å². The van der Waals surface area contributed by atoms with Gasteiger partial charge in [-0.15, -0.1) is 0 Å². The summed E-state index contributed by atoms with van der Waals surface area (Å²) in [6.07, 6.45) is 4.35. The van der Waals surface area contributed by atoms with E-state index in [-0.39, 0.29) is 0 Å². The minimum Gasteiger partial charge on any atom is -0.296 e. The van der Waals surface area contributed by atoms with Crippen molar-refractivity contribution in [3.8, 4) is 11.5 Å². The van der Waals surface area contributed by atoms with Gasteiger partial charge in [-0.2, -0.15) is 5.10 Å². The second-order valence-corrected chi connectivity index (χ2v) is 4.90. The Morgan fingerprint density at radius 3 is 2.94 bits per heavy atom. The molecule has 2 heterocycles. The largest absolute Gasteiger partial charge is 0.296 e. The molecule has 0 saturated heterocycles. The quantitative estimate of drug-likeness (QED) is 0.847. The van der Waals surface area contributed by atoms with Gasteiger partial charge in [0.15, 0.2) is 10.6 Å². The van der Waals surface area contributed by atoms with E-state index in [4.69, 9.17) is 12.2 Å². The molecule has 1 aliphatic carbocycles. The van der Waals surface area contributed by atoms with Gasteiger partial charge in [0.05, 0.1) is 0 Å². The van der Waals surface area contributed by atoms with Crippen LogP contribution in [0.3, 0.4) is 0 Å². The van der Waals surface area contributed by atoms with Gasteiger partial charge in [0, 0.05) is 12.2 Å². The number of pyridine rings is 1. The molecule has 1 aliphatic rings. The summed E-state index contributed by atoms with van der Waals surface area (Å²) in [6, 6.07) is 6.23. The van der Waals surface area contributed by atoms with Crippen LogP contribution in [0.4, 0.5) is 0 Å². The maximum Gasteiger partial charge on any atom is 0.195 e. The molecule has 1 N–H and O–H groups in total. The predicted molar refractivity (Wildman–Crippen MR) is 68.1 cm³/mol. The zero-order chi connectivity index (χ0) is 11.8. The van der Waals surface area contributed by atoms with Crippen molar-refractivity contribution < 1.29 is 0 Å². The smallest absolute Gasteiger partial charge is 0.195 e. The van der Waals surface area contributed by atoms with Crippen LogP contribution in [0, 0.1) is 10.7 Å². The van der Waals surface area contributed by atoms with Crippen molar-refractivity contribution in [1.82, 2.24) is 19.7 Å². The normalized spacial score (nSPS) is 17.0. The van der Waals surface area contributed by atoms with E-state index in [1.54, 1.807) is 6.20 Å². The maximum atomic E-state index is 5.31. The average Bonchev–Trinajstić information content (AvgIpc) is 3.13. The summed E-state index contributed by atoms with van der Waals surface area (Å²) in [7, 11) is 0. The predicted octanol–water partition coefficient (Wildman–Crippen LogP) is 2.97. The van der Waals surface area contributed by atoms with E-state index in [9.17, 15) is 0 Å². The molecule has 17 heavy (non-hydrogen) atoms. The number of aromatic amines is 1. The molecule has 0 aromatic carbocycles. The first-order valence-corrected chi connectivity index (χ1v) is 6.26. The molecule has 1 fully saturated rings. The number of nitrogens with zero attached hydrogens (tertiary/aromatic N) is 3. The average molecular weight is 246 g/mol. The zero-order valence-corrected chi connectivity index (χ0v) is 10.4. The lowest BCUT2D eigenvalue weighted by Gasteiger charge is -2.14. The second kappa shape index (κ2) is 4.07. The van der Waals surface area contributed by atoms with Crippen LogP contribution >= 0.6 is 12.2 Å². The lowest BCUT2D eigenvalue weighted by Crippen LogP contribution is -2.09. The zero-order valence-electron chi connectivity index (χ0n) is 9.63. The molecule has 2 aromatic heterocycles. The third-order valence-electron chi connectivity index (χ3n) is 3.31. The van der Waals surface area contributed by atoms with Crippen molar-refractivity contribution in [3.05, 3.63) is 29.2 Å². The topological polar surface area (TPSA) is 46.5 Å². The van der Waals surface area contributed by atoms with E-state index < -0.39 is 0 Å². The first-order valence-electron chi connectivity index (χ1n) is 5.85. The standard InChI is InChI=1S/C12H14N4S/c1-8(9-5-6-9)16-11(14-15-12(16)17)10-4-2-3-7-13-10/h2-4,7-9H,5-6H2,1H3,(H,15,17). The molecule has 0 aliphatic heterocycles. The first kappa shape index (κ1) is 10.7. The van der Waals surface area contributed by atoms with Crippen LogP contribution in [-0.4, -0.2) is 19.7 Å². The SMILES string of the molecule is CC(C1CC1)n1c(-c2ccccn2)n[nH]c1=S. The third kappa shape index (κ3) is 1.91. The Morgan fingerprint density at radius 2 is 2.29 bits per heavy atom. The molecule has 0 spiro atoms. The number of hydrogen-bond acceptors (Lipinski definition) is 3. The van der Waals surface area contributed by atoms with Crippen molar-refractivity contribution in [2.24, 2.45) is 5.92 Å². The summed E-state index contributed by atoms with van der Waals surface area (Å²) >= 11 is 5.31. The molecule has 4 nitrogen and oxygen atoms in total. The van der Waals surface area contributed by atoms with Crippen LogP contribution in [0.1, 0.15) is 25.8 Å². The van der Waals surface area contributed by atoms with Crippen LogP contribution in [0.15, 0.2) is 24.4 Å². The Labute approximate surface area is 105 Å². The Balaban J connectivity index is 2.09. The fourth-order valence-corrected chi connectivity index (χ4v) is 2.45. The lowest BCUT2D eigenvalue weighted by molar-refractivity contribution is 0.483. The van der Waals surface area contributed by atoms with Crippen molar-refractivity contribution in [1.29, 1.82) is 0 Å². The molecular weight excluding hydrogens is 232 g/mol. The molecule has 1 saturated carbocycles. The number of H-pyrrole nitrogens is 1. The number of rotatable bonds is 3. The van der Waals surface area contributed by atoms with E-state index in [1.807, 2.05) is 18.2 Å². The molecule has 1 atom stereocenters. The van der Waals surface area contributed by atoms with Crippen molar-refractivity contribution in [2.75, 3.05) is 0 Å². The highest BCUT2D eigenvalue weighted by Gasteiger charge is 2.31. The van der Waals surface area contributed by atoms with Crippen LogP contribution < -0.4 is 0 Å². The summed E-state index contributed by atoms with van der Waals surface area (Å²) < 4.78 is 2.78. The van der Waals surface area contributed by atoms with Gasteiger partial charge in [0.2, 0.25) is 0 Å². The Morgan fingerprint density at radius 1 is 1.47 bits per heavy atom. The van der Waals surface area contributed by atoms with Gasteiger partial charge in [-0.1, -0.05) is 6.07 Å². The van der Waals surface area contributed by atoms with E-state index >= 15 is 0 Å². The van der Waals surface area contributed by atoms with E-state index in [0.29, 0.717) is 10.8 Å². The fraction of sp³-hybridized carbons (Fsp3) is 0.417. The summed E-state index contributed by atoms with van der Waals surface area (Å²) in [5, 5.41) is 7.18. The highest BCUT2D eigenvalue weighted by Crippen LogP contribution is 2.40. The van der Waals surface area contributed by atoms with Crippen molar-refractivity contribution in [2.45, 2.75) is 25.8 Å². The van der Waals surface area contributed by atoms with Gasteiger partial charge in [0.1, 0.15) is 5.69 Å². The molecule has 2 aromatic rings. The van der Waals surface area contributed by atoms with Crippen LogP contribution in [0.5, 0.6) is 0 Å². The van der Waals surface area contributed by atoms with Gasteiger partial charge in [-0.05, 0) is 50.0 Å². The molecule has 0 bridgehead atoms. The Hall–Kier alpha value is -1.49. The van der Waals surface area contributed by atoms with E-state index in [1.165, 1.54) is 12.8 Å². The Bertz CT molecular complexity index is 568. The van der Waals surface area contributed by atoms with E-state index in [0.717, 1.165) is 17.4 Å². The molecule has 88 valence electrons. The number of nitrogens with one attached hydrogen (secondary N) is 1. The van der Waals surface area contributed by atoms with Crippen molar-refractivity contribution in [3.63, 3.8) is 0 Å². The molecule has 1 unspecified atom stereocenters.